The lowest BCUT2D eigenvalue weighted by Crippen LogP contribution is -2.58. The average molecular weight is 535 g/mol. The first-order valence-electron chi connectivity index (χ1n) is 11.5. The van der Waals surface area contributed by atoms with E-state index in [0.29, 0.717) is 5.56 Å². The Morgan fingerprint density at radius 3 is 2.11 bits per heavy atom. The third-order valence-corrected chi connectivity index (χ3v) is 5.57. The number of carbonyl (C=O) groups is 6. The van der Waals surface area contributed by atoms with Gasteiger partial charge in [-0.05, 0) is 18.1 Å². The van der Waals surface area contributed by atoms with Crippen LogP contribution in [0.3, 0.4) is 0 Å². The molecular formula is C23H30N6O9. The number of para-hydroxylation sites is 1. The summed E-state index contributed by atoms with van der Waals surface area (Å²) in [6.07, 6.45) is 0.235. The predicted octanol–water partition coefficient (Wildman–Crippen LogP) is -2.69. The lowest BCUT2D eigenvalue weighted by Gasteiger charge is -2.24. The molecule has 4 atom stereocenters. The zero-order valence-electron chi connectivity index (χ0n) is 20.2. The van der Waals surface area contributed by atoms with Crippen LogP contribution in [0.15, 0.2) is 30.5 Å². The van der Waals surface area contributed by atoms with Gasteiger partial charge in [0, 0.05) is 29.9 Å². The lowest BCUT2D eigenvalue weighted by atomic mass is 10.0. The van der Waals surface area contributed by atoms with Crippen LogP contribution < -0.4 is 27.4 Å². The van der Waals surface area contributed by atoms with E-state index < -0.39 is 72.8 Å². The zero-order chi connectivity index (χ0) is 28.4. The first kappa shape index (κ1) is 29.7. The molecule has 4 unspecified atom stereocenters. The SMILES string of the molecule is NC(=O)CC(NC(=O)C(Cc1c[nH]c2ccccc12)NC(=O)C(N)CCC(=O)O)C(=O)NC(CO)C(=O)O. The number of hydrogen-bond donors (Lipinski definition) is 9. The molecule has 0 fully saturated rings. The molecular weight excluding hydrogens is 504 g/mol. The van der Waals surface area contributed by atoms with Gasteiger partial charge in [-0.25, -0.2) is 4.79 Å². The van der Waals surface area contributed by atoms with Crippen molar-refractivity contribution < 1.29 is 44.1 Å². The Labute approximate surface area is 215 Å². The van der Waals surface area contributed by atoms with E-state index in [-0.39, 0.29) is 19.3 Å². The monoisotopic (exact) mass is 534 g/mol. The number of aliphatic hydroxyl groups excluding tert-OH is 1. The third-order valence-electron chi connectivity index (χ3n) is 5.57. The summed E-state index contributed by atoms with van der Waals surface area (Å²) in [5, 5.41) is 34.5. The molecule has 11 N–H and O–H groups in total. The molecule has 1 aromatic heterocycles. The highest BCUT2D eigenvalue weighted by Crippen LogP contribution is 2.19. The number of hydrogen-bond acceptors (Lipinski definition) is 8. The fourth-order valence-corrected chi connectivity index (χ4v) is 3.56. The van der Waals surface area contributed by atoms with Gasteiger partial charge in [-0.3, -0.25) is 24.0 Å². The second-order valence-electron chi connectivity index (χ2n) is 8.48. The topological polar surface area (TPSA) is 267 Å². The van der Waals surface area contributed by atoms with Crippen LogP contribution in [0, 0.1) is 0 Å². The maximum Gasteiger partial charge on any atom is 0.328 e. The molecule has 4 amide bonds. The van der Waals surface area contributed by atoms with Gasteiger partial charge in [-0.15, -0.1) is 0 Å². The van der Waals surface area contributed by atoms with Crippen LogP contribution in [-0.4, -0.2) is 86.6 Å². The largest absolute Gasteiger partial charge is 0.481 e. The van der Waals surface area contributed by atoms with Crippen molar-refractivity contribution in [3.63, 3.8) is 0 Å². The maximum atomic E-state index is 13.2. The fraction of sp³-hybridized carbons (Fsp3) is 0.391. The number of nitrogens with one attached hydrogen (secondary N) is 4. The summed E-state index contributed by atoms with van der Waals surface area (Å²) < 4.78 is 0. The summed E-state index contributed by atoms with van der Waals surface area (Å²) in [6, 6.07) is 1.20. The number of rotatable bonds is 15. The van der Waals surface area contributed by atoms with Gasteiger partial charge in [0.25, 0.3) is 0 Å². The molecule has 15 nitrogen and oxygen atoms in total. The van der Waals surface area contributed by atoms with E-state index in [2.05, 4.69) is 15.6 Å². The molecule has 0 saturated carbocycles. The van der Waals surface area contributed by atoms with Gasteiger partial charge in [0.1, 0.15) is 18.1 Å². The Kier molecular flexibility index (Phi) is 10.7. The number of carboxylic acid groups (broad SMARTS) is 2. The summed E-state index contributed by atoms with van der Waals surface area (Å²) in [5.41, 5.74) is 12.3. The van der Waals surface area contributed by atoms with Gasteiger partial charge in [-0.2, -0.15) is 0 Å². The summed E-state index contributed by atoms with van der Waals surface area (Å²) >= 11 is 0. The quantitative estimate of drug-likeness (QED) is 0.114. The third kappa shape index (κ3) is 8.56. The van der Waals surface area contributed by atoms with Crippen molar-refractivity contribution in [2.45, 2.75) is 49.9 Å². The van der Waals surface area contributed by atoms with Crippen LogP contribution >= 0.6 is 0 Å². The first-order chi connectivity index (χ1) is 17.9. The molecule has 15 heteroatoms. The van der Waals surface area contributed by atoms with Gasteiger partial charge in [0.05, 0.1) is 19.1 Å². The molecule has 38 heavy (non-hydrogen) atoms. The smallest absolute Gasteiger partial charge is 0.328 e. The molecule has 206 valence electrons. The number of fused-ring (bicyclic) bond motifs is 1. The number of aliphatic carboxylic acids is 2. The minimum atomic E-state index is -1.70. The Bertz CT molecular complexity index is 1200. The van der Waals surface area contributed by atoms with Crippen LogP contribution in [0.5, 0.6) is 0 Å². The van der Waals surface area contributed by atoms with Crippen molar-refractivity contribution in [2.75, 3.05) is 6.61 Å². The van der Waals surface area contributed by atoms with E-state index in [1.807, 2.05) is 5.32 Å². The van der Waals surface area contributed by atoms with Crippen LogP contribution in [0.2, 0.25) is 0 Å². The second-order valence-corrected chi connectivity index (χ2v) is 8.48. The lowest BCUT2D eigenvalue weighted by molar-refractivity contribution is -0.143. The van der Waals surface area contributed by atoms with Gasteiger partial charge in [0.15, 0.2) is 0 Å². The Morgan fingerprint density at radius 1 is 0.895 bits per heavy atom. The van der Waals surface area contributed by atoms with Crippen molar-refractivity contribution in [2.24, 2.45) is 11.5 Å². The van der Waals surface area contributed by atoms with Gasteiger partial charge in [0.2, 0.25) is 23.6 Å². The van der Waals surface area contributed by atoms with E-state index in [1.165, 1.54) is 0 Å². The number of carboxylic acids is 2. The minimum absolute atomic E-state index is 0.0907. The van der Waals surface area contributed by atoms with E-state index in [0.717, 1.165) is 10.9 Å². The molecule has 0 radical (unpaired) electrons. The summed E-state index contributed by atoms with van der Waals surface area (Å²) in [7, 11) is 0. The molecule has 0 aliphatic heterocycles. The van der Waals surface area contributed by atoms with Gasteiger partial charge >= 0.3 is 11.9 Å². The first-order valence-corrected chi connectivity index (χ1v) is 11.5. The molecule has 0 bridgehead atoms. The van der Waals surface area contributed by atoms with Crippen LogP contribution in [-0.2, 0) is 35.2 Å². The minimum Gasteiger partial charge on any atom is -0.481 e. The number of benzene rings is 1. The molecule has 0 aliphatic carbocycles. The van der Waals surface area contributed by atoms with E-state index in [9.17, 15) is 28.8 Å². The molecule has 1 aromatic carbocycles. The molecule has 2 rings (SSSR count). The summed E-state index contributed by atoms with van der Waals surface area (Å²) in [5.74, 6) is -6.56. The standard InChI is InChI=1S/C23H30N6O9/c24-13(5-6-19(32)33)20(34)27-15(7-11-9-26-14-4-2-1-3-12(11)14)21(35)28-16(8-18(25)31)22(36)29-17(10-30)23(37)38/h1-4,9,13,15-17,26,30H,5-8,10,24H2,(H2,25,31)(H,27,34)(H,28,35)(H,29,36)(H,32,33)(H,37,38). The average Bonchev–Trinajstić information content (AvgIpc) is 3.26. The second kappa shape index (κ2) is 13.7. The molecule has 2 aromatic rings. The predicted molar refractivity (Wildman–Crippen MR) is 131 cm³/mol. The molecule has 0 saturated heterocycles. The maximum absolute atomic E-state index is 13.2. The Hall–Kier alpha value is -4.50. The van der Waals surface area contributed by atoms with Crippen LogP contribution in [0.25, 0.3) is 10.9 Å². The van der Waals surface area contributed by atoms with Crippen molar-refractivity contribution >= 4 is 46.5 Å². The zero-order valence-corrected chi connectivity index (χ0v) is 20.2. The number of H-pyrrole nitrogens is 1. The van der Waals surface area contributed by atoms with E-state index in [1.54, 1.807) is 30.5 Å². The van der Waals surface area contributed by atoms with Crippen molar-refractivity contribution in [3.8, 4) is 0 Å². The number of primary amides is 1. The molecule has 1 heterocycles. The van der Waals surface area contributed by atoms with Crippen LogP contribution in [0.4, 0.5) is 0 Å². The number of aliphatic hydroxyl groups is 1. The number of aromatic nitrogens is 1. The van der Waals surface area contributed by atoms with Gasteiger partial charge in [-0.1, -0.05) is 18.2 Å². The van der Waals surface area contributed by atoms with Crippen molar-refractivity contribution in [1.29, 1.82) is 0 Å². The molecule has 0 spiro atoms. The summed E-state index contributed by atoms with van der Waals surface area (Å²) in [4.78, 5) is 75.0. The molecule has 0 aliphatic rings. The highest BCUT2D eigenvalue weighted by atomic mass is 16.4. The van der Waals surface area contributed by atoms with E-state index in [4.69, 9.17) is 26.8 Å². The van der Waals surface area contributed by atoms with Gasteiger partial charge < -0.3 is 47.7 Å². The highest BCUT2D eigenvalue weighted by Gasteiger charge is 2.31. The highest BCUT2D eigenvalue weighted by molar-refractivity contribution is 5.96. The number of nitrogens with two attached hydrogens (primary N) is 2. The van der Waals surface area contributed by atoms with Crippen molar-refractivity contribution in [3.05, 3.63) is 36.0 Å². The normalized spacial score (nSPS) is 14.1. The summed E-state index contributed by atoms with van der Waals surface area (Å²) in [6.45, 7) is -0.953. The van der Waals surface area contributed by atoms with E-state index >= 15 is 0 Å². The number of amides is 4. The number of carbonyl (C=O) groups excluding carboxylic acids is 4. The Morgan fingerprint density at radius 2 is 1.50 bits per heavy atom. The van der Waals surface area contributed by atoms with Crippen LogP contribution in [0.1, 0.15) is 24.8 Å². The fourth-order valence-electron chi connectivity index (χ4n) is 3.56. The Balaban J connectivity index is 2.29. The number of aromatic amines is 1. The van der Waals surface area contributed by atoms with Crippen molar-refractivity contribution in [1.82, 2.24) is 20.9 Å².